The van der Waals surface area contributed by atoms with Crippen LogP contribution in [0, 0.1) is 0 Å². The van der Waals surface area contributed by atoms with Crippen molar-refractivity contribution < 1.29 is 0 Å². The zero-order valence-corrected chi connectivity index (χ0v) is 10.3. The zero-order chi connectivity index (χ0) is 11.0. The molecular weight excluding hydrogens is 261 g/mol. The SMILES string of the molecule is [As]c1ccc2c(c1)nnn2-c1ccccc1. The van der Waals surface area contributed by atoms with Crippen LogP contribution in [-0.4, -0.2) is 31.8 Å². The summed E-state index contributed by atoms with van der Waals surface area (Å²) in [5.74, 6) is 0. The molecule has 3 rings (SSSR count). The molecule has 0 amide bonds. The van der Waals surface area contributed by atoms with Crippen molar-refractivity contribution in [2.24, 2.45) is 0 Å². The molecule has 0 N–H and O–H groups in total. The van der Waals surface area contributed by atoms with E-state index in [1.807, 2.05) is 53.2 Å². The summed E-state index contributed by atoms with van der Waals surface area (Å²) in [7, 11) is 0. The Morgan fingerprint density at radius 3 is 2.62 bits per heavy atom. The number of para-hydroxylation sites is 1. The Labute approximate surface area is 102 Å². The molecule has 0 spiro atoms. The molecular formula is C12H8AsN3. The summed E-state index contributed by atoms with van der Waals surface area (Å²) in [5.41, 5.74) is 2.98. The van der Waals surface area contributed by atoms with Crippen molar-refractivity contribution in [3.8, 4) is 5.69 Å². The number of fused-ring (bicyclic) bond motifs is 1. The molecule has 4 heteroatoms. The second-order valence-corrected chi connectivity index (χ2v) is 4.59. The van der Waals surface area contributed by atoms with Crippen LogP contribution in [0.15, 0.2) is 48.5 Å². The molecule has 0 aliphatic heterocycles. The summed E-state index contributed by atoms with van der Waals surface area (Å²) in [6.07, 6.45) is 0. The van der Waals surface area contributed by atoms with Crippen molar-refractivity contribution >= 4 is 32.2 Å². The van der Waals surface area contributed by atoms with E-state index >= 15 is 0 Å². The van der Waals surface area contributed by atoms with Gasteiger partial charge in [-0.25, -0.2) is 0 Å². The van der Waals surface area contributed by atoms with E-state index in [0.717, 1.165) is 21.1 Å². The van der Waals surface area contributed by atoms with E-state index in [-0.39, 0.29) is 0 Å². The van der Waals surface area contributed by atoms with Crippen LogP contribution in [0.25, 0.3) is 16.7 Å². The molecule has 16 heavy (non-hydrogen) atoms. The zero-order valence-electron chi connectivity index (χ0n) is 8.41. The molecule has 0 unspecified atom stereocenters. The van der Waals surface area contributed by atoms with Crippen LogP contribution in [0.4, 0.5) is 0 Å². The molecule has 2 radical (unpaired) electrons. The molecule has 2 aromatic carbocycles. The standard InChI is InChI=1S/C12H8AsN3/c13-9-6-7-12-11(8-9)14-15-16(12)10-4-2-1-3-5-10/h1-8H. The normalized spacial score (nSPS) is 10.8. The maximum atomic E-state index is 4.17. The van der Waals surface area contributed by atoms with E-state index in [2.05, 4.69) is 27.2 Å². The van der Waals surface area contributed by atoms with Gasteiger partial charge < -0.3 is 0 Å². The molecule has 0 fully saturated rings. The first kappa shape index (κ1) is 9.61. The van der Waals surface area contributed by atoms with Crippen molar-refractivity contribution in [3.05, 3.63) is 48.5 Å². The predicted molar refractivity (Wildman–Crippen MR) is 64.3 cm³/mol. The topological polar surface area (TPSA) is 30.7 Å². The van der Waals surface area contributed by atoms with Crippen molar-refractivity contribution in [2.75, 3.05) is 0 Å². The van der Waals surface area contributed by atoms with Crippen molar-refractivity contribution in [1.29, 1.82) is 0 Å². The van der Waals surface area contributed by atoms with Gasteiger partial charge in [-0.1, -0.05) is 0 Å². The van der Waals surface area contributed by atoms with E-state index in [0.29, 0.717) is 0 Å². The van der Waals surface area contributed by atoms with Crippen LogP contribution >= 0.6 is 0 Å². The molecule has 1 aromatic heterocycles. The Balaban J connectivity index is 2.26. The maximum absolute atomic E-state index is 4.17. The fraction of sp³-hybridized carbons (Fsp3) is 0. The van der Waals surface area contributed by atoms with E-state index in [9.17, 15) is 0 Å². The van der Waals surface area contributed by atoms with E-state index in [4.69, 9.17) is 0 Å². The Bertz CT molecular complexity index is 631. The van der Waals surface area contributed by atoms with Crippen LogP contribution in [0.5, 0.6) is 0 Å². The van der Waals surface area contributed by atoms with Gasteiger partial charge in [-0.15, -0.1) is 0 Å². The van der Waals surface area contributed by atoms with Gasteiger partial charge in [0, 0.05) is 0 Å². The summed E-state index contributed by atoms with van der Waals surface area (Å²) in [6, 6.07) is 16.1. The van der Waals surface area contributed by atoms with E-state index in [1.165, 1.54) is 0 Å². The minimum absolute atomic E-state index is 0.918. The molecule has 3 aromatic rings. The van der Waals surface area contributed by atoms with Gasteiger partial charge in [0.2, 0.25) is 0 Å². The van der Waals surface area contributed by atoms with Crippen LogP contribution in [0.3, 0.4) is 0 Å². The Hall–Kier alpha value is -1.60. The third-order valence-corrected chi connectivity index (χ3v) is 3.01. The van der Waals surface area contributed by atoms with Gasteiger partial charge in [0.05, 0.1) is 0 Å². The molecule has 0 saturated carbocycles. The van der Waals surface area contributed by atoms with Crippen LogP contribution in [0.2, 0.25) is 0 Å². The molecule has 0 atom stereocenters. The van der Waals surface area contributed by atoms with Gasteiger partial charge in [-0.3, -0.25) is 0 Å². The second kappa shape index (κ2) is 3.76. The average molecular weight is 269 g/mol. The van der Waals surface area contributed by atoms with Crippen molar-refractivity contribution in [1.82, 2.24) is 15.0 Å². The number of benzene rings is 2. The number of aromatic nitrogens is 3. The molecule has 76 valence electrons. The number of hydrogen-bond donors (Lipinski definition) is 0. The van der Waals surface area contributed by atoms with Crippen molar-refractivity contribution in [3.63, 3.8) is 0 Å². The monoisotopic (exact) mass is 269 g/mol. The average Bonchev–Trinajstić information content (AvgIpc) is 2.73. The van der Waals surface area contributed by atoms with E-state index < -0.39 is 0 Å². The third kappa shape index (κ3) is 1.53. The summed E-state index contributed by atoms with van der Waals surface area (Å²) in [4.78, 5) is 0. The van der Waals surface area contributed by atoms with Gasteiger partial charge in [0.1, 0.15) is 0 Å². The van der Waals surface area contributed by atoms with Crippen LogP contribution in [0.1, 0.15) is 0 Å². The van der Waals surface area contributed by atoms with Gasteiger partial charge in [0.25, 0.3) is 0 Å². The summed E-state index contributed by atoms with van der Waals surface area (Å²) in [5, 5.41) is 8.33. The van der Waals surface area contributed by atoms with Crippen LogP contribution in [-0.2, 0) is 0 Å². The Kier molecular flexibility index (Phi) is 2.26. The molecule has 0 saturated heterocycles. The molecule has 3 nitrogen and oxygen atoms in total. The summed E-state index contributed by atoms with van der Waals surface area (Å²) in [6.45, 7) is 0. The van der Waals surface area contributed by atoms with Gasteiger partial charge >= 0.3 is 101 Å². The van der Waals surface area contributed by atoms with E-state index in [1.54, 1.807) is 0 Å². The molecule has 0 aliphatic rings. The molecule has 1 heterocycles. The first-order valence-electron chi connectivity index (χ1n) is 4.94. The number of hydrogen-bond acceptors (Lipinski definition) is 2. The fourth-order valence-electron chi connectivity index (χ4n) is 1.67. The summed E-state index contributed by atoms with van der Waals surface area (Å²) >= 11 is 2.51. The first-order valence-corrected chi connectivity index (χ1v) is 5.88. The quantitative estimate of drug-likeness (QED) is 0.622. The van der Waals surface area contributed by atoms with Gasteiger partial charge in [-0.05, 0) is 0 Å². The molecule has 0 bridgehead atoms. The first-order chi connectivity index (χ1) is 7.84. The summed E-state index contributed by atoms with van der Waals surface area (Å²) < 4.78 is 2.99. The third-order valence-electron chi connectivity index (χ3n) is 2.43. The molecule has 0 aliphatic carbocycles. The number of nitrogens with zero attached hydrogens (tertiary/aromatic N) is 3. The van der Waals surface area contributed by atoms with Crippen molar-refractivity contribution in [2.45, 2.75) is 0 Å². The fourth-order valence-corrected chi connectivity index (χ4v) is 2.08. The Morgan fingerprint density at radius 1 is 1.00 bits per heavy atom. The second-order valence-electron chi connectivity index (χ2n) is 3.51. The predicted octanol–water partition coefficient (Wildman–Crippen LogP) is 1.21. The number of rotatable bonds is 1. The van der Waals surface area contributed by atoms with Gasteiger partial charge in [0.15, 0.2) is 0 Å². The minimum atomic E-state index is 0.918. The Morgan fingerprint density at radius 2 is 1.81 bits per heavy atom. The van der Waals surface area contributed by atoms with Crippen LogP contribution < -0.4 is 4.35 Å². The van der Waals surface area contributed by atoms with Gasteiger partial charge in [-0.2, -0.15) is 0 Å².